The van der Waals surface area contributed by atoms with Gasteiger partial charge >= 0.3 is 0 Å². The molecule has 0 aliphatic carbocycles. The molecule has 0 fully saturated rings. The van der Waals surface area contributed by atoms with Gasteiger partial charge in [0.2, 0.25) is 0 Å². The average Bonchev–Trinajstić information content (AvgIpc) is 2.84. The molecule has 5 nitrogen and oxygen atoms in total. The predicted molar refractivity (Wildman–Crippen MR) is 75.6 cm³/mol. The number of methoxy groups -OCH3 is 1. The van der Waals surface area contributed by atoms with Crippen LogP contribution in [-0.2, 0) is 6.54 Å². The van der Waals surface area contributed by atoms with E-state index in [4.69, 9.17) is 9.26 Å². The molecule has 20 heavy (non-hydrogen) atoms. The van der Waals surface area contributed by atoms with Gasteiger partial charge in [0.25, 0.3) is 0 Å². The summed E-state index contributed by atoms with van der Waals surface area (Å²) in [5.41, 5.74) is 2.72. The summed E-state index contributed by atoms with van der Waals surface area (Å²) in [4.78, 5) is 0. The third-order valence-corrected chi connectivity index (χ3v) is 3.06. The molecule has 1 aromatic heterocycles. The molecule has 0 saturated carbocycles. The predicted octanol–water partition coefficient (Wildman–Crippen LogP) is 2.12. The molecule has 108 valence electrons. The molecule has 1 unspecified atom stereocenters. The summed E-state index contributed by atoms with van der Waals surface area (Å²) in [5.74, 6) is 1.45. The van der Waals surface area contributed by atoms with Gasteiger partial charge in [0.15, 0.2) is 5.76 Å². The zero-order chi connectivity index (χ0) is 14.5. The summed E-state index contributed by atoms with van der Waals surface area (Å²) in [6.45, 7) is 4.81. The van der Waals surface area contributed by atoms with Crippen LogP contribution in [0.1, 0.15) is 28.7 Å². The van der Waals surface area contributed by atoms with E-state index in [-0.39, 0.29) is 0 Å². The molecule has 1 heterocycles. The Hall–Kier alpha value is -1.85. The molecule has 0 amide bonds. The van der Waals surface area contributed by atoms with E-state index in [2.05, 4.69) is 10.5 Å². The summed E-state index contributed by atoms with van der Waals surface area (Å²) in [5, 5.41) is 17.2. The molecule has 2 aromatic rings. The van der Waals surface area contributed by atoms with E-state index in [1.807, 2.05) is 38.1 Å². The maximum Gasteiger partial charge on any atom is 0.150 e. The first-order valence-electron chi connectivity index (χ1n) is 6.55. The van der Waals surface area contributed by atoms with Crippen molar-refractivity contribution in [1.29, 1.82) is 0 Å². The van der Waals surface area contributed by atoms with Gasteiger partial charge in [0.05, 0.1) is 25.5 Å². The molecule has 2 N–H and O–H groups in total. The maximum absolute atomic E-state index is 10.3. The largest absolute Gasteiger partial charge is 0.496 e. The van der Waals surface area contributed by atoms with Crippen molar-refractivity contribution < 1.29 is 14.4 Å². The Labute approximate surface area is 118 Å². The van der Waals surface area contributed by atoms with Crippen LogP contribution >= 0.6 is 0 Å². The molecule has 5 heteroatoms. The highest BCUT2D eigenvalue weighted by molar-refractivity contribution is 5.38. The van der Waals surface area contributed by atoms with Gasteiger partial charge in [0.1, 0.15) is 5.75 Å². The van der Waals surface area contributed by atoms with E-state index in [0.717, 1.165) is 22.6 Å². The number of rotatable bonds is 6. The zero-order valence-corrected chi connectivity index (χ0v) is 12.0. The molecule has 0 bridgehead atoms. The van der Waals surface area contributed by atoms with Crippen molar-refractivity contribution in [3.63, 3.8) is 0 Å². The number of nitrogens with one attached hydrogen (secondary N) is 1. The minimum Gasteiger partial charge on any atom is -0.496 e. The third-order valence-electron chi connectivity index (χ3n) is 3.06. The number of ether oxygens (including phenoxy) is 1. The van der Waals surface area contributed by atoms with E-state index >= 15 is 0 Å². The fourth-order valence-electron chi connectivity index (χ4n) is 2.06. The topological polar surface area (TPSA) is 67.5 Å². The smallest absolute Gasteiger partial charge is 0.150 e. The van der Waals surface area contributed by atoms with Gasteiger partial charge in [0, 0.05) is 18.2 Å². The lowest BCUT2D eigenvalue weighted by molar-refractivity contribution is 0.168. The Balaban J connectivity index is 1.94. The number of hydrogen-bond acceptors (Lipinski definition) is 5. The van der Waals surface area contributed by atoms with Crippen LogP contribution in [0.15, 0.2) is 28.8 Å². The molecule has 0 radical (unpaired) electrons. The second kappa shape index (κ2) is 6.54. The summed E-state index contributed by atoms with van der Waals surface area (Å²) in [7, 11) is 1.60. The van der Waals surface area contributed by atoms with Crippen LogP contribution in [0.25, 0.3) is 0 Å². The summed E-state index contributed by atoms with van der Waals surface area (Å²) in [6, 6.07) is 7.63. The summed E-state index contributed by atoms with van der Waals surface area (Å²) in [6.07, 6.45) is -0.631. The van der Waals surface area contributed by atoms with Crippen LogP contribution in [0.2, 0.25) is 0 Å². The Bertz CT molecular complexity index is 566. The number of benzene rings is 1. The molecule has 2 rings (SSSR count). The Kier molecular flexibility index (Phi) is 4.76. The Morgan fingerprint density at radius 3 is 2.80 bits per heavy atom. The molecule has 1 atom stereocenters. The highest BCUT2D eigenvalue weighted by Crippen LogP contribution is 2.25. The lowest BCUT2D eigenvalue weighted by Crippen LogP contribution is -2.21. The van der Waals surface area contributed by atoms with Gasteiger partial charge in [-0.05, 0) is 26.0 Å². The first-order valence-corrected chi connectivity index (χ1v) is 6.55. The Morgan fingerprint density at radius 1 is 1.35 bits per heavy atom. The van der Waals surface area contributed by atoms with Crippen LogP contribution in [0.3, 0.4) is 0 Å². The summed E-state index contributed by atoms with van der Waals surface area (Å²) >= 11 is 0. The van der Waals surface area contributed by atoms with Crippen molar-refractivity contribution in [1.82, 2.24) is 10.5 Å². The lowest BCUT2D eigenvalue weighted by Gasteiger charge is -2.15. The van der Waals surface area contributed by atoms with Crippen LogP contribution in [0.5, 0.6) is 5.75 Å². The normalized spacial score (nSPS) is 12.4. The van der Waals surface area contributed by atoms with Crippen LogP contribution in [0, 0.1) is 13.8 Å². The maximum atomic E-state index is 10.3. The fourth-order valence-corrected chi connectivity index (χ4v) is 2.06. The first-order chi connectivity index (χ1) is 9.60. The first kappa shape index (κ1) is 14.6. The quantitative estimate of drug-likeness (QED) is 0.846. The average molecular weight is 276 g/mol. The van der Waals surface area contributed by atoms with Gasteiger partial charge in [-0.2, -0.15) is 0 Å². The zero-order valence-electron chi connectivity index (χ0n) is 12.0. The minimum atomic E-state index is -0.631. The second-order valence-corrected chi connectivity index (χ2v) is 4.83. The van der Waals surface area contributed by atoms with Crippen molar-refractivity contribution in [2.24, 2.45) is 0 Å². The van der Waals surface area contributed by atoms with E-state index in [1.165, 1.54) is 0 Å². The van der Waals surface area contributed by atoms with Crippen LogP contribution in [-0.4, -0.2) is 23.9 Å². The summed E-state index contributed by atoms with van der Waals surface area (Å²) < 4.78 is 10.4. The molecule has 1 aromatic carbocycles. The van der Waals surface area contributed by atoms with Crippen molar-refractivity contribution in [3.8, 4) is 5.75 Å². The molecule has 0 aliphatic heterocycles. The van der Waals surface area contributed by atoms with E-state index < -0.39 is 6.10 Å². The monoisotopic (exact) mass is 276 g/mol. The van der Waals surface area contributed by atoms with Gasteiger partial charge < -0.3 is 19.7 Å². The number of aromatic nitrogens is 1. The highest BCUT2D eigenvalue weighted by Gasteiger charge is 2.13. The Morgan fingerprint density at radius 2 is 2.15 bits per heavy atom. The molecule has 0 aliphatic rings. The second-order valence-electron chi connectivity index (χ2n) is 4.83. The number of aryl methyl sites for hydroxylation is 2. The molecule has 0 spiro atoms. The SMILES string of the molecule is COc1ccc(C)cc1C(O)CNCc1cc(C)no1. The van der Waals surface area contributed by atoms with Crippen molar-refractivity contribution >= 4 is 0 Å². The minimum absolute atomic E-state index is 0.416. The molecular weight excluding hydrogens is 256 g/mol. The van der Waals surface area contributed by atoms with E-state index in [9.17, 15) is 5.11 Å². The standard InChI is InChI=1S/C15H20N2O3/c1-10-4-5-15(19-3)13(6-10)14(18)9-16-8-12-7-11(2)17-20-12/h4-7,14,16,18H,8-9H2,1-3H3. The van der Waals surface area contributed by atoms with Gasteiger partial charge in [-0.1, -0.05) is 16.8 Å². The van der Waals surface area contributed by atoms with Gasteiger partial charge in [-0.15, -0.1) is 0 Å². The van der Waals surface area contributed by atoms with E-state index in [1.54, 1.807) is 7.11 Å². The van der Waals surface area contributed by atoms with Crippen LogP contribution < -0.4 is 10.1 Å². The number of aliphatic hydroxyl groups is 1. The number of nitrogens with zero attached hydrogens (tertiary/aromatic N) is 1. The lowest BCUT2D eigenvalue weighted by atomic mass is 10.1. The molecular formula is C15H20N2O3. The molecule has 0 saturated heterocycles. The number of hydrogen-bond donors (Lipinski definition) is 2. The van der Waals surface area contributed by atoms with Gasteiger partial charge in [-0.25, -0.2) is 0 Å². The van der Waals surface area contributed by atoms with Gasteiger partial charge in [-0.3, -0.25) is 0 Å². The van der Waals surface area contributed by atoms with Crippen molar-refractivity contribution in [2.75, 3.05) is 13.7 Å². The highest BCUT2D eigenvalue weighted by atomic mass is 16.5. The van der Waals surface area contributed by atoms with Crippen molar-refractivity contribution in [2.45, 2.75) is 26.5 Å². The fraction of sp³-hybridized carbons (Fsp3) is 0.400. The third kappa shape index (κ3) is 3.59. The van der Waals surface area contributed by atoms with E-state index in [0.29, 0.717) is 18.8 Å². The number of aliphatic hydroxyl groups excluding tert-OH is 1. The van der Waals surface area contributed by atoms with Crippen molar-refractivity contribution in [3.05, 3.63) is 46.8 Å². The van der Waals surface area contributed by atoms with Crippen LogP contribution in [0.4, 0.5) is 0 Å².